The molecule has 0 heterocycles. The van der Waals surface area contributed by atoms with Crippen LogP contribution in [0.2, 0.25) is 0 Å². The van der Waals surface area contributed by atoms with Crippen molar-refractivity contribution in [3.8, 4) is 0 Å². The first-order valence-corrected chi connectivity index (χ1v) is 6.01. The quantitative estimate of drug-likeness (QED) is 0.663. The van der Waals surface area contributed by atoms with E-state index in [2.05, 4.69) is 32.7 Å². The van der Waals surface area contributed by atoms with Gasteiger partial charge in [-0.25, -0.2) is 0 Å². The molecule has 1 nitrogen and oxygen atoms in total. The Kier molecular flexibility index (Phi) is 4.67. The highest BCUT2D eigenvalue weighted by Crippen LogP contribution is 2.34. The molecule has 1 fully saturated rings. The Labute approximate surface area is 89.0 Å². The molecule has 1 aliphatic carbocycles. The number of nitrogens with one attached hydrogen (secondary N) is 1. The summed E-state index contributed by atoms with van der Waals surface area (Å²) in [5.41, 5.74) is 1.32. The van der Waals surface area contributed by atoms with Crippen LogP contribution in [0.4, 0.5) is 0 Å². The van der Waals surface area contributed by atoms with Crippen LogP contribution < -0.4 is 5.32 Å². The number of hydrogen-bond acceptors (Lipinski definition) is 1. The van der Waals surface area contributed by atoms with E-state index in [0.717, 1.165) is 24.8 Å². The van der Waals surface area contributed by atoms with E-state index in [1.807, 2.05) is 0 Å². The Morgan fingerprint density at radius 3 is 2.64 bits per heavy atom. The molecule has 1 N–H and O–H groups in total. The Hall–Kier alpha value is -0.300. The van der Waals surface area contributed by atoms with Gasteiger partial charge in [0.2, 0.25) is 0 Å². The first-order valence-electron chi connectivity index (χ1n) is 6.01. The standard InChI is InChI=1S/C13H25N/c1-5-14-13(8-10(2)3)12-7-6-11(4)9-12/h11-14H,2,5-9H2,1,3-4H3. The first kappa shape index (κ1) is 11.8. The summed E-state index contributed by atoms with van der Waals surface area (Å²) in [6.07, 6.45) is 5.39. The van der Waals surface area contributed by atoms with Crippen molar-refractivity contribution in [3.63, 3.8) is 0 Å². The third-order valence-corrected chi connectivity index (χ3v) is 3.34. The lowest BCUT2D eigenvalue weighted by molar-refractivity contribution is 0.353. The molecule has 3 atom stereocenters. The van der Waals surface area contributed by atoms with Crippen LogP contribution in [0.3, 0.4) is 0 Å². The summed E-state index contributed by atoms with van der Waals surface area (Å²) in [6, 6.07) is 0.683. The summed E-state index contributed by atoms with van der Waals surface area (Å²) in [4.78, 5) is 0. The second kappa shape index (κ2) is 5.55. The summed E-state index contributed by atoms with van der Waals surface area (Å²) < 4.78 is 0. The van der Waals surface area contributed by atoms with E-state index >= 15 is 0 Å². The average molecular weight is 195 g/mol. The van der Waals surface area contributed by atoms with E-state index < -0.39 is 0 Å². The monoisotopic (exact) mass is 195 g/mol. The van der Waals surface area contributed by atoms with Gasteiger partial charge in [0, 0.05) is 6.04 Å². The lowest BCUT2D eigenvalue weighted by Crippen LogP contribution is -2.35. The molecule has 0 aromatic carbocycles. The van der Waals surface area contributed by atoms with Crippen molar-refractivity contribution >= 4 is 0 Å². The van der Waals surface area contributed by atoms with Gasteiger partial charge in [-0.3, -0.25) is 0 Å². The maximum atomic E-state index is 4.03. The SMILES string of the molecule is C=C(C)CC(NCC)C1CCC(C)C1. The van der Waals surface area contributed by atoms with Crippen LogP contribution in [0.1, 0.15) is 46.5 Å². The topological polar surface area (TPSA) is 12.0 Å². The van der Waals surface area contributed by atoms with Gasteiger partial charge in [-0.2, -0.15) is 0 Å². The smallest absolute Gasteiger partial charge is 0.0132 e. The van der Waals surface area contributed by atoms with E-state index in [-0.39, 0.29) is 0 Å². The molecule has 0 spiro atoms. The summed E-state index contributed by atoms with van der Waals surface area (Å²) in [5.74, 6) is 1.83. The molecule has 0 saturated heterocycles. The van der Waals surface area contributed by atoms with Crippen molar-refractivity contribution in [2.45, 2.75) is 52.5 Å². The fourth-order valence-electron chi connectivity index (χ4n) is 2.66. The van der Waals surface area contributed by atoms with Crippen LogP contribution in [0.5, 0.6) is 0 Å². The van der Waals surface area contributed by atoms with Gasteiger partial charge >= 0.3 is 0 Å². The molecule has 1 heteroatoms. The summed E-state index contributed by atoms with van der Waals surface area (Å²) in [5, 5.41) is 3.62. The van der Waals surface area contributed by atoms with Gasteiger partial charge in [0.1, 0.15) is 0 Å². The third kappa shape index (κ3) is 3.45. The average Bonchev–Trinajstić information content (AvgIpc) is 2.50. The molecule has 0 aromatic rings. The molecule has 0 amide bonds. The Balaban J connectivity index is 2.44. The molecule has 1 aliphatic rings. The summed E-state index contributed by atoms with van der Waals surface area (Å²) in [6.45, 7) is 11.8. The zero-order valence-corrected chi connectivity index (χ0v) is 9.97. The lowest BCUT2D eigenvalue weighted by Gasteiger charge is -2.24. The summed E-state index contributed by atoms with van der Waals surface area (Å²) >= 11 is 0. The van der Waals surface area contributed by atoms with E-state index in [9.17, 15) is 0 Å². The van der Waals surface area contributed by atoms with Crippen molar-refractivity contribution in [1.82, 2.24) is 5.32 Å². The van der Waals surface area contributed by atoms with Crippen LogP contribution in [-0.2, 0) is 0 Å². The van der Waals surface area contributed by atoms with Crippen molar-refractivity contribution < 1.29 is 0 Å². The lowest BCUT2D eigenvalue weighted by atomic mass is 9.92. The molecule has 1 rings (SSSR count). The van der Waals surface area contributed by atoms with E-state index in [0.29, 0.717) is 6.04 Å². The van der Waals surface area contributed by atoms with Gasteiger partial charge in [-0.15, -0.1) is 6.58 Å². The minimum atomic E-state index is 0.683. The van der Waals surface area contributed by atoms with Crippen LogP contribution >= 0.6 is 0 Å². The second-order valence-electron chi connectivity index (χ2n) is 5.00. The van der Waals surface area contributed by atoms with Crippen LogP contribution in [-0.4, -0.2) is 12.6 Å². The predicted octanol–water partition coefficient (Wildman–Crippen LogP) is 3.37. The van der Waals surface area contributed by atoms with Crippen molar-refractivity contribution in [1.29, 1.82) is 0 Å². The minimum Gasteiger partial charge on any atom is -0.314 e. The fraction of sp³-hybridized carbons (Fsp3) is 0.846. The largest absolute Gasteiger partial charge is 0.314 e. The van der Waals surface area contributed by atoms with Crippen LogP contribution in [0.25, 0.3) is 0 Å². The number of hydrogen-bond donors (Lipinski definition) is 1. The highest BCUT2D eigenvalue weighted by molar-refractivity contribution is 4.96. The van der Waals surface area contributed by atoms with Crippen LogP contribution in [0, 0.1) is 11.8 Å². The maximum absolute atomic E-state index is 4.03. The van der Waals surface area contributed by atoms with E-state index in [1.54, 1.807) is 0 Å². The normalized spacial score (nSPS) is 29.1. The molecule has 3 unspecified atom stereocenters. The second-order valence-corrected chi connectivity index (χ2v) is 5.00. The molecule has 82 valence electrons. The van der Waals surface area contributed by atoms with Gasteiger partial charge in [0.15, 0.2) is 0 Å². The molecule has 1 saturated carbocycles. The maximum Gasteiger partial charge on any atom is 0.0132 e. The van der Waals surface area contributed by atoms with Crippen molar-refractivity contribution in [3.05, 3.63) is 12.2 Å². The number of rotatable bonds is 5. The molecule has 0 bridgehead atoms. The Morgan fingerprint density at radius 1 is 1.50 bits per heavy atom. The molecule has 0 radical (unpaired) electrons. The van der Waals surface area contributed by atoms with Gasteiger partial charge in [0.05, 0.1) is 0 Å². The molecular weight excluding hydrogens is 170 g/mol. The third-order valence-electron chi connectivity index (χ3n) is 3.34. The Morgan fingerprint density at radius 2 is 2.21 bits per heavy atom. The van der Waals surface area contributed by atoms with Gasteiger partial charge in [0.25, 0.3) is 0 Å². The molecule has 0 aliphatic heterocycles. The summed E-state index contributed by atoms with van der Waals surface area (Å²) in [7, 11) is 0. The van der Waals surface area contributed by atoms with E-state index in [1.165, 1.54) is 24.8 Å². The van der Waals surface area contributed by atoms with Gasteiger partial charge in [-0.1, -0.05) is 25.8 Å². The van der Waals surface area contributed by atoms with E-state index in [4.69, 9.17) is 0 Å². The van der Waals surface area contributed by atoms with Gasteiger partial charge < -0.3 is 5.32 Å². The van der Waals surface area contributed by atoms with Crippen molar-refractivity contribution in [2.75, 3.05) is 6.54 Å². The molecule has 14 heavy (non-hydrogen) atoms. The fourth-order valence-corrected chi connectivity index (χ4v) is 2.66. The first-order chi connectivity index (χ1) is 6.63. The zero-order chi connectivity index (χ0) is 10.6. The van der Waals surface area contributed by atoms with Crippen LogP contribution in [0.15, 0.2) is 12.2 Å². The predicted molar refractivity (Wildman–Crippen MR) is 63.4 cm³/mol. The Bertz CT molecular complexity index is 186. The minimum absolute atomic E-state index is 0.683. The zero-order valence-electron chi connectivity index (χ0n) is 9.97. The van der Waals surface area contributed by atoms with Crippen molar-refractivity contribution in [2.24, 2.45) is 11.8 Å². The molecular formula is C13H25N. The molecule has 0 aromatic heterocycles. The highest BCUT2D eigenvalue weighted by atomic mass is 14.9. The van der Waals surface area contributed by atoms with Gasteiger partial charge in [-0.05, 0) is 44.6 Å². The highest BCUT2D eigenvalue weighted by Gasteiger charge is 2.27.